The molecule has 0 unspecified atom stereocenters. The molecule has 0 radical (unpaired) electrons. The molecule has 0 atom stereocenters. The van der Waals surface area contributed by atoms with Crippen LogP contribution in [0.1, 0.15) is 0 Å². The highest BCUT2D eigenvalue weighted by Gasteiger charge is 2.11. The van der Waals surface area contributed by atoms with E-state index in [0.29, 0.717) is 17.1 Å². The predicted molar refractivity (Wildman–Crippen MR) is 113 cm³/mol. The van der Waals surface area contributed by atoms with E-state index in [0.717, 1.165) is 21.0 Å². The molecular weight excluding hydrogens is 366 g/mol. The molecule has 3 aromatic carbocycles. The Bertz CT molecular complexity index is 1250. The van der Waals surface area contributed by atoms with Crippen molar-refractivity contribution in [3.8, 4) is 17.0 Å². The molecule has 1 aromatic heterocycles. The van der Waals surface area contributed by atoms with E-state index in [9.17, 15) is 9.59 Å². The van der Waals surface area contributed by atoms with Gasteiger partial charge in [0, 0.05) is 11.6 Å². The lowest BCUT2D eigenvalue weighted by Gasteiger charge is -2.11. The summed E-state index contributed by atoms with van der Waals surface area (Å²) in [5, 5.41) is 9.35. The summed E-state index contributed by atoms with van der Waals surface area (Å²) < 4.78 is 6.40. The molecule has 1 amide bonds. The van der Waals surface area contributed by atoms with E-state index in [1.807, 2.05) is 48.5 Å². The highest BCUT2D eigenvalue weighted by Crippen LogP contribution is 2.23. The summed E-state index contributed by atoms with van der Waals surface area (Å²) in [6.07, 6.45) is 0. The zero-order chi connectivity index (χ0) is 20.2. The first-order valence-corrected chi connectivity index (χ1v) is 9.14. The molecule has 6 nitrogen and oxygen atoms in total. The lowest BCUT2D eigenvalue weighted by atomic mass is 10.1. The van der Waals surface area contributed by atoms with Crippen LogP contribution in [-0.4, -0.2) is 22.8 Å². The average molecular weight is 385 g/mol. The number of rotatable bonds is 5. The highest BCUT2D eigenvalue weighted by atomic mass is 16.5. The van der Waals surface area contributed by atoms with Crippen molar-refractivity contribution in [3.05, 3.63) is 89.2 Å². The smallest absolute Gasteiger partial charge is 0.267 e. The van der Waals surface area contributed by atoms with Gasteiger partial charge in [0.05, 0.1) is 18.5 Å². The van der Waals surface area contributed by atoms with Crippen LogP contribution in [0, 0.1) is 0 Å². The summed E-state index contributed by atoms with van der Waals surface area (Å²) in [5.74, 6) is 0.186. The standard InChI is InChI=1S/C23H19N3O3/c1-29-21-9-5-4-8-20(21)24-22(27)15-26-23(28)13-12-19(25-26)18-11-10-16-6-2-3-7-17(16)14-18/h2-14H,15H2,1H3,(H,24,27). The number of aromatic nitrogens is 2. The molecule has 0 aliphatic rings. The molecule has 0 saturated heterocycles. The number of hydrogen-bond acceptors (Lipinski definition) is 4. The van der Waals surface area contributed by atoms with Gasteiger partial charge < -0.3 is 10.1 Å². The zero-order valence-corrected chi connectivity index (χ0v) is 15.8. The van der Waals surface area contributed by atoms with Crippen LogP contribution in [-0.2, 0) is 11.3 Å². The molecule has 1 heterocycles. The molecule has 1 N–H and O–H groups in total. The molecule has 29 heavy (non-hydrogen) atoms. The van der Waals surface area contributed by atoms with Crippen molar-refractivity contribution < 1.29 is 9.53 Å². The number of nitrogens with zero attached hydrogens (tertiary/aromatic N) is 2. The molecule has 0 bridgehead atoms. The third kappa shape index (κ3) is 4.01. The van der Waals surface area contributed by atoms with Gasteiger partial charge in [0.15, 0.2) is 0 Å². The molecule has 0 saturated carbocycles. The maximum Gasteiger partial charge on any atom is 0.267 e. The Morgan fingerprint density at radius 2 is 1.72 bits per heavy atom. The summed E-state index contributed by atoms with van der Waals surface area (Å²) in [5.41, 5.74) is 1.70. The van der Waals surface area contributed by atoms with Gasteiger partial charge in [-0.05, 0) is 35.0 Å². The van der Waals surface area contributed by atoms with Crippen LogP contribution in [0.2, 0.25) is 0 Å². The largest absolute Gasteiger partial charge is 0.495 e. The van der Waals surface area contributed by atoms with Crippen molar-refractivity contribution in [1.29, 1.82) is 0 Å². The van der Waals surface area contributed by atoms with E-state index >= 15 is 0 Å². The minimum Gasteiger partial charge on any atom is -0.495 e. The number of carbonyl (C=O) groups excluding carboxylic acids is 1. The van der Waals surface area contributed by atoms with Gasteiger partial charge in [-0.2, -0.15) is 5.10 Å². The third-order valence-corrected chi connectivity index (χ3v) is 4.59. The SMILES string of the molecule is COc1ccccc1NC(=O)Cn1nc(-c2ccc3ccccc3c2)ccc1=O. The molecule has 0 aliphatic heterocycles. The fourth-order valence-corrected chi connectivity index (χ4v) is 3.14. The van der Waals surface area contributed by atoms with E-state index < -0.39 is 0 Å². The number of methoxy groups -OCH3 is 1. The quantitative estimate of drug-likeness (QED) is 0.568. The van der Waals surface area contributed by atoms with E-state index in [1.165, 1.54) is 13.2 Å². The first-order valence-electron chi connectivity index (χ1n) is 9.14. The normalized spacial score (nSPS) is 10.7. The Labute approximate surface area is 167 Å². The first-order chi connectivity index (χ1) is 14.1. The van der Waals surface area contributed by atoms with Gasteiger partial charge in [0.1, 0.15) is 12.3 Å². The predicted octanol–water partition coefficient (Wildman–Crippen LogP) is 3.71. The summed E-state index contributed by atoms with van der Waals surface area (Å²) in [6.45, 7) is -0.196. The summed E-state index contributed by atoms with van der Waals surface area (Å²) in [6, 6.07) is 24.2. The van der Waals surface area contributed by atoms with Crippen LogP contribution < -0.4 is 15.6 Å². The van der Waals surface area contributed by atoms with Crippen molar-refractivity contribution in [2.24, 2.45) is 0 Å². The lowest BCUT2D eigenvalue weighted by Crippen LogP contribution is -2.29. The van der Waals surface area contributed by atoms with E-state index in [1.54, 1.807) is 24.3 Å². The summed E-state index contributed by atoms with van der Waals surface area (Å²) in [7, 11) is 1.53. The maximum atomic E-state index is 12.5. The zero-order valence-electron chi connectivity index (χ0n) is 15.8. The average Bonchev–Trinajstić information content (AvgIpc) is 2.75. The maximum absolute atomic E-state index is 12.5. The number of nitrogens with one attached hydrogen (secondary N) is 1. The van der Waals surface area contributed by atoms with Gasteiger partial charge >= 0.3 is 0 Å². The molecule has 0 spiro atoms. The van der Waals surface area contributed by atoms with E-state index in [-0.39, 0.29) is 18.0 Å². The summed E-state index contributed by atoms with van der Waals surface area (Å²) >= 11 is 0. The second-order valence-electron chi connectivity index (χ2n) is 6.52. The highest BCUT2D eigenvalue weighted by molar-refractivity contribution is 5.92. The third-order valence-electron chi connectivity index (χ3n) is 4.59. The minimum absolute atomic E-state index is 0.196. The van der Waals surface area contributed by atoms with Gasteiger partial charge in [-0.25, -0.2) is 4.68 Å². The topological polar surface area (TPSA) is 73.2 Å². The van der Waals surface area contributed by atoms with Gasteiger partial charge in [-0.1, -0.05) is 48.5 Å². The number of anilines is 1. The van der Waals surface area contributed by atoms with Crippen molar-refractivity contribution in [3.63, 3.8) is 0 Å². The number of amides is 1. The van der Waals surface area contributed by atoms with E-state index in [4.69, 9.17) is 4.74 Å². The van der Waals surface area contributed by atoms with Crippen LogP contribution >= 0.6 is 0 Å². The fourth-order valence-electron chi connectivity index (χ4n) is 3.14. The molecule has 4 rings (SSSR count). The van der Waals surface area contributed by atoms with Crippen molar-refractivity contribution >= 4 is 22.4 Å². The molecule has 0 fully saturated rings. The van der Waals surface area contributed by atoms with Crippen LogP contribution in [0.5, 0.6) is 5.75 Å². The number of fused-ring (bicyclic) bond motifs is 1. The molecule has 6 heteroatoms. The lowest BCUT2D eigenvalue weighted by molar-refractivity contribution is -0.117. The van der Waals surface area contributed by atoms with Crippen LogP contribution in [0.3, 0.4) is 0 Å². The molecule has 144 valence electrons. The van der Waals surface area contributed by atoms with E-state index in [2.05, 4.69) is 10.4 Å². The Morgan fingerprint density at radius 1 is 0.966 bits per heavy atom. The van der Waals surface area contributed by atoms with Crippen molar-refractivity contribution in [1.82, 2.24) is 9.78 Å². The number of hydrogen-bond donors (Lipinski definition) is 1. The summed E-state index contributed by atoms with van der Waals surface area (Å²) in [4.78, 5) is 24.7. The second-order valence-corrected chi connectivity index (χ2v) is 6.52. The molecular formula is C23H19N3O3. The van der Waals surface area contributed by atoms with Gasteiger partial charge in [-0.3, -0.25) is 9.59 Å². The molecule has 4 aromatic rings. The minimum atomic E-state index is -0.361. The number of para-hydroxylation sites is 2. The Morgan fingerprint density at radius 3 is 2.55 bits per heavy atom. The molecule has 0 aliphatic carbocycles. The Balaban J connectivity index is 1.59. The van der Waals surface area contributed by atoms with Gasteiger partial charge in [0.2, 0.25) is 5.91 Å². The number of ether oxygens (including phenoxy) is 1. The van der Waals surface area contributed by atoms with Gasteiger partial charge in [0.25, 0.3) is 5.56 Å². The van der Waals surface area contributed by atoms with Crippen molar-refractivity contribution in [2.45, 2.75) is 6.54 Å². The monoisotopic (exact) mass is 385 g/mol. The van der Waals surface area contributed by atoms with Crippen LogP contribution in [0.4, 0.5) is 5.69 Å². The fraction of sp³-hybridized carbons (Fsp3) is 0.0870. The second kappa shape index (κ2) is 7.98. The Kier molecular flexibility index (Phi) is 5.07. The van der Waals surface area contributed by atoms with Gasteiger partial charge in [-0.15, -0.1) is 0 Å². The van der Waals surface area contributed by atoms with Crippen molar-refractivity contribution in [2.75, 3.05) is 12.4 Å². The van der Waals surface area contributed by atoms with Crippen LogP contribution in [0.25, 0.3) is 22.0 Å². The number of carbonyl (C=O) groups is 1. The first kappa shape index (κ1) is 18.4. The number of benzene rings is 3. The van der Waals surface area contributed by atoms with Crippen LogP contribution in [0.15, 0.2) is 83.7 Å². The Hall–Kier alpha value is -3.93.